The van der Waals surface area contributed by atoms with Crippen molar-refractivity contribution in [2.45, 2.75) is 64.4 Å². The molecule has 20 heavy (non-hydrogen) atoms. The highest BCUT2D eigenvalue weighted by Gasteiger charge is 2.37. The highest BCUT2D eigenvalue weighted by atomic mass is 19.4. The minimum absolute atomic E-state index is 0.0291. The van der Waals surface area contributed by atoms with E-state index in [1.165, 1.54) is 7.11 Å². The van der Waals surface area contributed by atoms with Crippen molar-refractivity contribution in [2.24, 2.45) is 0 Å². The fraction of sp³-hybridized carbons (Fsp3) is 0.923. The number of carbonyl (C=O) groups is 1. The van der Waals surface area contributed by atoms with Gasteiger partial charge in [-0.1, -0.05) is 0 Å². The summed E-state index contributed by atoms with van der Waals surface area (Å²) in [4.78, 5) is 11.8. The van der Waals surface area contributed by atoms with Crippen molar-refractivity contribution < 1.29 is 27.4 Å². The van der Waals surface area contributed by atoms with Crippen molar-refractivity contribution in [3.05, 3.63) is 0 Å². The van der Waals surface area contributed by atoms with E-state index in [0.717, 1.165) is 0 Å². The van der Waals surface area contributed by atoms with Gasteiger partial charge in [0, 0.05) is 12.5 Å². The Labute approximate surface area is 118 Å². The molecule has 0 bridgehead atoms. The van der Waals surface area contributed by atoms with Gasteiger partial charge in [-0.25, -0.2) is 0 Å². The average molecular weight is 299 g/mol. The minimum Gasteiger partial charge on any atom is -0.468 e. The second kappa shape index (κ2) is 7.83. The fourth-order valence-corrected chi connectivity index (χ4v) is 2.07. The zero-order valence-corrected chi connectivity index (χ0v) is 12.6. The standard InChI is InChI=1S/C13H24F3NO3/c1-9(2)17-12(4,11(18)19-5)8-10(3)20-7-6-13(14,15)16/h9-10,17H,6-8H2,1-5H3. The van der Waals surface area contributed by atoms with Crippen molar-refractivity contribution in [3.63, 3.8) is 0 Å². The zero-order chi connectivity index (χ0) is 16.0. The Kier molecular flexibility index (Phi) is 7.51. The summed E-state index contributed by atoms with van der Waals surface area (Å²) in [6, 6.07) is 0.0291. The van der Waals surface area contributed by atoms with Gasteiger partial charge < -0.3 is 9.47 Å². The first-order valence-corrected chi connectivity index (χ1v) is 6.54. The van der Waals surface area contributed by atoms with Crippen LogP contribution in [0, 0.1) is 0 Å². The number of methoxy groups -OCH3 is 1. The van der Waals surface area contributed by atoms with Gasteiger partial charge in [-0.15, -0.1) is 0 Å². The maximum Gasteiger partial charge on any atom is 0.391 e. The Morgan fingerprint density at radius 2 is 1.80 bits per heavy atom. The monoisotopic (exact) mass is 299 g/mol. The molecule has 0 rings (SSSR count). The molecule has 2 unspecified atom stereocenters. The molecule has 0 heterocycles. The molecule has 120 valence electrons. The molecular weight excluding hydrogens is 275 g/mol. The van der Waals surface area contributed by atoms with Crippen molar-refractivity contribution in [1.82, 2.24) is 5.32 Å². The van der Waals surface area contributed by atoms with Gasteiger partial charge >= 0.3 is 12.1 Å². The van der Waals surface area contributed by atoms with Crippen LogP contribution in [0.1, 0.15) is 40.5 Å². The fourth-order valence-electron chi connectivity index (χ4n) is 2.07. The third kappa shape index (κ3) is 7.69. The van der Waals surface area contributed by atoms with E-state index in [9.17, 15) is 18.0 Å². The zero-order valence-electron chi connectivity index (χ0n) is 12.6. The van der Waals surface area contributed by atoms with E-state index in [4.69, 9.17) is 9.47 Å². The van der Waals surface area contributed by atoms with Gasteiger partial charge in [-0.3, -0.25) is 10.1 Å². The molecule has 0 aliphatic rings. The lowest BCUT2D eigenvalue weighted by molar-refractivity contribution is -0.155. The normalized spacial score (nSPS) is 16.9. The van der Waals surface area contributed by atoms with E-state index >= 15 is 0 Å². The number of hydrogen-bond acceptors (Lipinski definition) is 4. The average Bonchev–Trinajstić information content (AvgIpc) is 2.24. The molecule has 7 heteroatoms. The van der Waals surface area contributed by atoms with Gasteiger partial charge in [0.15, 0.2) is 0 Å². The molecule has 0 aliphatic heterocycles. The summed E-state index contributed by atoms with van der Waals surface area (Å²) in [5.41, 5.74) is -0.986. The van der Waals surface area contributed by atoms with Gasteiger partial charge in [0.1, 0.15) is 5.54 Å². The maximum atomic E-state index is 12.0. The summed E-state index contributed by atoms with van der Waals surface area (Å²) in [7, 11) is 1.28. The largest absolute Gasteiger partial charge is 0.468 e. The Bertz CT molecular complexity index is 308. The van der Waals surface area contributed by atoms with Crippen LogP contribution in [-0.2, 0) is 14.3 Å². The third-order valence-electron chi connectivity index (χ3n) is 2.73. The first-order chi connectivity index (χ1) is 9.00. The summed E-state index contributed by atoms with van der Waals surface area (Å²) in [6.07, 6.45) is -5.49. The first kappa shape index (κ1) is 19.2. The SMILES string of the molecule is COC(=O)C(C)(CC(C)OCCC(F)(F)F)NC(C)C. The molecule has 0 amide bonds. The molecular formula is C13H24F3NO3. The topological polar surface area (TPSA) is 47.6 Å². The number of rotatable bonds is 8. The van der Waals surface area contributed by atoms with Crippen LogP contribution in [0.5, 0.6) is 0 Å². The number of alkyl halides is 3. The van der Waals surface area contributed by atoms with Gasteiger partial charge in [0.05, 0.1) is 26.2 Å². The molecule has 0 aromatic heterocycles. The lowest BCUT2D eigenvalue weighted by Crippen LogP contribution is -2.54. The van der Waals surface area contributed by atoms with Gasteiger partial charge in [0.2, 0.25) is 0 Å². The first-order valence-electron chi connectivity index (χ1n) is 6.54. The van der Waals surface area contributed by atoms with Gasteiger partial charge in [-0.05, 0) is 27.7 Å². The number of hydrogen-bond donors (Lipinski definition) is 1. The Morgan fingerprint density at radius 1 is 1.25 bits per heavy atom. The lowest BCUT2D eigenvalue weighted by atomic mass is 9.93. The van der Waals surface area contributed by atoms with Crippen LogP contribution in [0.25, 0.3) is 0 Å². The number of ether oxygens (including phenoxy) is 2. The summed E-state index contributed by atoms with van der Waals surface area (Å²) >= 11 is 0. The van der Waals surface area contributed by atoms with Crippen molar-refractivity contribution in [1.29, 1.82) is 0 Å². The lowest BCUT2D eigenvalue weighted by Gasteiger charge is -2.32. The summed E-state index contributed by atoms with van der Waals surface area (Å²) < 4.78 is 46.0. The van der Waals surface area contributed by atoms with E-state index in [1.54, 1.807) is 13.8 Å². The smallest absolute Gasteiger partial charge is 0.391 e. The van der Waals surface area contributed by atoms with E-state index < -0.39 is 36.8 Å². The molecule has 1 N–H and O–H groups in total. The van der Waals surface area contributed by atoms with Crippen LogP contribution >= 0.6 is 0 Å². The minimum atomic E-state index is -4.23. The maximum absolute atomic E-state index is 12.0. The van der Waals surface area contributed by atoms with E-state index in [-0.39, 0.29) is 12.5 Å². The predicted molar refractivity (Wildman–Crippen MR) is 69.4 cm³/mol. The Morgan fingerprint density at radius 3 is 2.20 bits per heavy atom. The molecule has 0 radical (unpaired) electrons. The Hall–Kier alpha value is -0.820. The summed E-state index contributed by atoms with van der Waals surface area (Å²) in [5, 5.41) is 3.07. The summed E-state index contributed by atoms with van der Waals surface area (Å²) in [6.45, 7) is 6.62. The van der Waals surface area contributed by atoms with Crippen molar-refractivity contribution in [2.75, 3.05) is 13.7 Å². The molecule has 0 saturated carbocycles. The highest BCUT2D eigenvalue weighted by molar-refractivity contribution is 5.80. The predicted octanol–water partition coefficient (Wildman–Crippen LogP) is 2.66. The third-order valence-corrected chi connectivity index (χ3v) is 2.73. The molecule has 0 aliphatic carbocycles. The molecule has 0 fully saturated rings. The second-order valence-corrected chi connectivity index (χ2v) is 5.37. The molecule has 0 spiro atoms. The second-order valence-electron chi connectivity index (χ2n) is 5.37. The van der Waals surface area contributed by atoms with Crippen LogP contribution in [0.15, 0.2) is 0 Å². The van der Waals surface area contributed by atoms with Crippen LogP contribution in [-0.4, -0.2) is 43.5 Å². The number of esters is 1. The Balaban J connectivity index is 4.47. The van der Waals surface area contributed by atoms with Gasteiger partial charge in [0.25, 0.3) is 0 Å². The highest BCUT2D eigenvalue weighted by Crippen LogP contribution is 2.21. The summed E-state index contributed by atoms with van der Waals surface area (Å²) in [5.74, 6) is -0.461. The number of halogens is 3. The molecule has 0 saturated heterocycles. The van der Waals surface area contributed by atoms with Crippen LogP contribution in [0.2, 0.25) is 0 Å². The number of carbonyl (C=O) groups excluding carboxylic acids is 1. The molecule has 0 aromatic carbocycles. The van der Waals surface area contributed by atoms with Crippen molar-refractivity contribution >= 4 is 5.97 Å². The van der Waals surface area contributed by atoms with Crippen LogP contribution in [0.4, 0.5) is 13.2 Å². The van der Waals surface area contributed by atoms with Crippen LogP contribution < -0.4 is 5.32 Å². The molecule has 4 nitrogen and oxygen atoms in total. The van der Waals surface area contributed by atoms with E-state index in [2.05, 4.69) is 5.32 Å². The van der Waals surface area contributed by atoms with E-state index in [1.807, 2.05) is 13.8 Å². The van der Waals surface area contributed by atoms with Crippen molar-refractivity contribution in [3.8, 4) is 0 Å². The van der Waals surface area contributed by atoms with Crippen LogP contribution in [0.3, 0.4) is 0 Å². The van der Waals surface area contributed by atoms with E-state index in [0.29, 0.717) is 0 Å². The number of nitrogens with one attached hydrogen (secondary N) is 1. The quantitative estimate of drug-likeness (QED) is 0.700. The molecule has 2 atom stereocenters. The van der Waals surface area contributed by atoms with Gasteiger partial charge in [-0.2, -0.15) is 13.2 Å². The molecule has 0 aromatic rings.